The molecule has 1 saturated heterocycles. The normalized spacial score (nSPS) is 14.5. The highest BCUT2D eigenvalue weighted by molar-refractivity contribution is 5.97. The fraction of sp³-hybridized carbons (Fsp3) is 0.346. The van der Waals surface area contributed by atoms with Crippen LogP contribution in [0.2, 0.25) is 0 Å². The summed E-state index contributed by atoms with van der Waals surface area (Å²) >= 11 is 0. The SMILES string of the molecule is C.C[C@@H](O)[C@H](NC(=O)c1ccc(C#Cc2ccc(NC(=O)CN3CCCC3)cc2)cc1)C(=O)NO. The molecule has 0 saturated carbocycles. The predicted octanol–water partition coefficient (Wildman–Crippen LogP) is 1.74. The zero-order valence-corrected chi connectivity index (χ0v) is 18.9. The van der Waals surface area contributed by atoms with Crippen LogP contribution in [-0.4, -0.2) is 64.7 Å². The van der Waals surface area contributed by atoms with Crippen LogP contribution in [0, 0.1) is 11.8 Å². The van der Waals surface area contributed by atoms with Crippen molar-refractivity contribution in [2.45, 2.75) is 39.3 Å². The average molecular weight is 481 g/mol. The number of benzene rings is 2. The van der Waals surface area contributed by atoms with E-state index in [0.717, 1.165) is 37.2 Å². The molecule has 35 heavy (non-hydrogen) atoms. The Kier molecular flexibility index (Phi) is 10.4. The Bertz CT molecular complexity index is 1070. The Morgan fingerprint density at radius 2 is 1.51 bits per heavy atom. The number of carbonyl (C=O) groups is 3. The van der Waals surface area contributed by atoms with Crippen molar-refractivity contribution in [3.05, 3.63) is 65.2 Å². The maximum Gasteiger partial charge on any atom is 0.268 e. The first-order valence-corrected chi connectivity index (χ1v) is 11.0. The molecule has 186 valence electrons. The van der Waals surface area contributed by atoms with Crippen molar-refractivity contribution < 1.29 is 24.7 Å². The van der Waals surface area contributed by atoms with Crippen molar-refractivity contribution in [3.8, 4) is 11.8 Å². The van der Waals surface area contributed by atoms with Gasteiger partial charge in [-0.3, -0.25) is 24.5 Å². The van der Waals surface area contributed by atoms with Crippen molar-refractivity contribution in [2.24, 2.45) is 0 Å². The largest absolute Gasteiger partial charge is 0.391 e. The molecular weight excluding hydrogens is 448 g/mol. The van der Waals surface area contributed by atoms with Gasteiger partial charge in [0.25, 0.3) is 11.8 Å². The molecule has 3 rings (SSSR count). The topological polar surface area (TPSA) is 131 Å². The van der Waals surface area contributed by atoms with E-state index >= 15 is 0 Å². The lowest BCUT2D eigenvalue weighted by molar-refractivity contribution is -0.133. The lowest BCUT2D eigenvalue weighted by atomic mass is 10.1. The number of anilines is 1. The van der Waals surface area contributed by atoms with Crippen molar-refractivity contribution in [1.29, 1.82) is 0 Å². The number of carbonyl (C=O) groups excluding carboxylic acids is 3. The standard InChI is InChI=1S/C25H28N4O5.CH4/c1-17(30)23(25(33)28-34)27-24(32)20-10-6-18(7-11-20)4-5-19-8-12-21(13-9-19)26-22(31)16-29-14-2-3-15-29;/h6-13,17,23,30,34H,2-3,14-16H2,1H3,(H,26,31)(H,27,32)(H,28,33);1H4/t17-,23+;/m1./s1. The van der Waals surface area contributed by atoms with E-state index in [0.29, 0.717) is 12.1 Å². The first-order valence-electron chi connectivity index (χ1n) is 11.0. The number of nitrogens with zero attached hydrogens (tertiary/aromatic N) is 1. The molecule has 2 aromatic rings. The van der Waals surface area contributed by atoms with E-state index in [-0.39, 0.29) is 18.9 Å². The van der Waals surface area contributed by atoms with Gasteiger partial charge in [0.15, 0.2) is 0 Å². The van der Waals surface area contributed by atoms with Gasteiger partial charge in [0.05, 0.1) is 12.6 Å². The molecule has 0 aromatic heterocycles. The molecule has 1 fully saturated rings. The third kappa shape index (κ3) is 8.22. The Morgan fingerprint density at radius 3 is 2.03 bits per heavy atom. The molecule has 0 aliphatic carbocycles. The minimum atomic E-state index is -1.29. The van der Waals surface area contributed by atoms with E-state index in [9.17, 15) is 19.5 Å². The smallest absolute Gasteiger partial charge is 0.268 e. The maximum atomic E-state index is 12.3. The van der Waals surface area contributed by atoms with Crippen LogP contribution in [0.5, 0.6) is 0 Å². The molecule has 2 aromatic carbocycles. The summed E-state index contributed by atoms with van der Waals surface area (Å²) in [5.41, 5.74) is 3.86. The minimum absolute atomic E-state index is 0. The van der Waals surface area contributed by atoms with Gasteiger partial charge >= 0.3 is 0 Å². The van der Waals surface area contributed by atoms with E-state index in [4.69, 9.17) is 5.21 Å². The summed E-state index contributed by atoms with van der Waals surface area (Å²) in [4.78, 5) is 38.2. The molecule has 1 aliphatic heterocycles. The molecule has 0 radical (unpaired) electrons. The number of hydrogen-bond donors (Lipinski definition) is 5. The fourth-order valence-corrected chi connectivity index (χ4v) is 3.53. The molecule has 3 amide bonds. The summed E-state index contributed by atoms with van der Waals surface area (Å²) < 4.78 is 0. The van der Waals surface area contributed by atoms with Crippen molar-refractivity contribution >= 4 is 23.4 Å². The van der Waals surface area contributed by atoms with Gasteiger partial charge < -0.3 is 15.7 Å². The van der Waals surface area contributed by atoms with Crippen LogP contribution >= 0.6 is 0 Å². The summed E-state index contributed by atoms with van der Waals surface area (Å²) in [6.07, 6.45) is 1.10. The van der Waals surface area contributed by atoms with Gasteiger partial charge in [-0.25, -0.2) is 5.48 Å². The van der Waals surface area contributed by atoms with Crippen LogP contribution in [0.1, 0.15) is 48.7 Å². The first kappa shape index (κ1) is 27.5. The van der Waals surface area contributed by atoms with Crippen molar-refractivity contribution in [3.63, 3.8) is 0 Å². The van der Waals surface area contributed by atoms with Crippen molar-refractivity contribution in [1.82, 2.24) is 15.7 Å². The summed E-state index contributed by atoms with van der Waals surface area (Å²) in [6, 6.07) is 12.4. The highest BCUT2D eigenvalue weighted by atomic mass is 16.5. The quantitative estimate of drug-likeness (QED) is 0.233. The second kappa shape index (κ2) is 13.2. The Balaban J connectivity index is 0.00000432. The third-order valence-corrected chi connectivity index (χ3v) is 5.39. The summed E-state index contributed by atoms with van der Waals surface area (Å²) in [7, 11) is 0. The maximum absolute atomic E-state index is 12.3. The number of hydrogen-bond acceptors (Lipinski definition) is 6. The number of rotatable bonds is 7. The van der Waals surface area contributed by atoms with E-state index in [2.05, 4.69) is 27.4 Å². The Hall–Kier alpha value is -3.71. The number of likely N-dealkylation sites (tertiary alicyclic amines) is 1. The van der Waals surface area contributed by atoms with E-state index in [1.54, 1.807) is 36.4 Å². The summed E-state index contributed by atoms with van der Waals surface area (Å²) in [5.74, 6) is 4.53. The van der Waals surface area contributed by atoms with Gasteiger partial charge in [0.1, 0.15) is 6.04 Å². The van der Waals surface area contributed by atoms with Crippen LogP contribution < -0.4 is 16.1 Å². The fourth-order valence-electron chi connectivity index (χ4n) is 3.53. The molecule has 0 spiro atoms. The van der Waals surface area contributed by atoms with Crippen LogP contribution in [0.4, 0.5) is 5.69 Å². The lowest BCUT2D eigenvalue weighted by Gasteiger charge is -2.19. The number of amides is 3. The third-order valence-electron chi connectivity index (χ3n) is 5.39. The average Bonchev–Trinajstić information content (AvgIpc) is 3.34. The van der Waals surface area contributed by atoms with Crippen molar-refractivity contribution in [2.75, 3.05) is 25.0 Å². The van der Waals surface area contributed by atoms with Crippen LogP contribution in [0.25, 0.3) is 0 Å². The molecule has 5 N–H and O–H groups in total. The van der Waals surface area contributed by atoms with Crippen LogP contribution in [-0.2, 0) is 9.59 Å². The Morgan fingerprint density at radius 1 is 0.971 bits per heavy atom. The zero-order chi connectivity index (χ0) is 24.5. The highest BCUT2D eigenvalue weighted by Crippen LogP contribution is 2.11. The second-order valence-corrected chi connectivity index (χ2v) is 8.10. The zero-order valence-electron chi connectivity index (χ0n) is 18.9. The van der Waals surface area contributed by atoms with Crippen LogP contribution in [0.3, 0.4) is 0 Å². The monoisotopic (exact) mass is 480 g/mol. The molecule has 9 heteroatoms. The molecule has 1 aliphatic rings. The Labute approximate surface area is 205 Å². The molecule has 1 heterocycles. The predicted molar refractivity (Wildman–Crippen MR) is 133 cm³/mol. The highest BCUT2D eigenvalue weighted by Gasteiger charge is 2.25. The van der Waals surface area contributed by atoms with E-state index in [1.807, 2.05) is 12.1 Å². The number of aliphatic hydroxyl groups excluding tert-OH is 1. The van der Waals surface area contributed by atoms with Gasteiger partial charge in [-0.1, -0.05) is 19.3 Å². The minimum Gasteiger partial charge on any atom is -0.391 e. The molecule has 0 bridgehead atoms. The number of aliphatic hydroxyl groups is 1. The van der Waals surface area contributed by atoms with Gasteiger partial charge in [0.2, 0.25) is 5.91 Å². The first-order chi connectivity index (χ1) is 16.4. The van der Waals surface area contributed by atoms with Gasteiger partial charge in [-0.05, 0) is 81.4 Å². The lowest BCUT2D eigenvalue weighted by Crippen LogP contribution is -2.51. The van der Waals surface area contributed by atoms with E-state index < -0.39 is 24.0 Å². The molecule has 2 atom stereocenters. The summed E-state index contributed by atoms with van der Waals surface area (Å²) in [6.45, 7) is 3.67. The number of hydroxylamine groups is 1. The van der Waals surface area contributed by atoms with Gasteiger partial charge in [-0.2, -0.15) is 0 Å². The van der Waals surface area contributed by atoms with E-state index in [1.165, 1.54) is 12.4 Å². The molecule has 9 nitrogen and oxygen atoms in total. The number of nitrogens with one attached hydrogen (secondary N) is 3. The van der Waals surface area contributed by atoms with Gasteiger partial charge in [-0.15, -0.1) is 0 Å². The second-order valence-electron chi connectivity index (χ2n) is 8.10. The molecule has 0 unspecified atom stereocenters. The van der Waals surface area contributed by atoms with Gasteiger partial charge in [0, 0.05) is 22.4 Å². The molecular formula is C26H32N4O5. The summed E-state index contributed by atoms with van der Waals surface area (Å²) in [5, 5.41) is 23.6. The van der Waals surface area contributed by atoms with Crippen LogP contribution in [0.15, 0.2) is 48.5 Å².